The first-order valence-corrected chi connectivity index (χ1v) is 0. The standard InChI is InChI=1S/FH.2H2O.Sn.2H/h1H;2*1H2;;;. The SMILES string of the molecule is F.O.O.[SnH2]. The van der Waals surface area contributed by atoms with Gasteiger partial charge in [-0.1, -0.05) is 0 Å². The second kappa shape index (κ2) is 60.8. The summed E-state index contributed by atoms with van der Waals surface area (Å²) in [5.74, 6) is 0. The van der Waals surface area contributed by atoms with Crippen molar-refractivity contribution in [3.8, 4) is 0 Å². The van der Waals surface area contributed by atoms with Crippen LogP contribution in [0.2, 0.25) is 0 Å². The molecule has 0 heterocycles. The van der Waals surface area contributed by atoms with Gasteiger partial charge in [0.05, 0.1) is 0 Å². The minimum atomic E-state index is 0. The summed E-state index contributed by atoms with van der Waals surface area (Å²) in [6.07, 6.45) is 0. The Morgan fingerprint density at radius 1 is 0.750 bits per heavy atom. The Bertz CT molecular complexity index is 6.00. The third-order valence-electron chi connectivity index (χ3n) is 0. The van der Waals surface area contributed by atoms with E-state index in [0.717, 1.165) is 0 Å². The van der Waals surface area contributed by atoms with Gasteiger partial charge >= 0.3 is 23.9 Å². The van der Waals surface area contributed by atoms with Crippen LogP contribution >= 0.6 is 0 Å². The van der Waals surface area contributed by atoms with E-state index in [9.17, 15) is 0 Å². The Balaban J connectivity index is 0. The first-order chi connectivity index (χ1) is 0. The molecule has 0 fully saturated rings. The maximum absolute atomic E-state index is 0. The molecule has 4 heteroatoms. The fourth-order valence-corrected chi connectivity index (χ4v) is 0. The zero-order chi connectivity index (χ0) is 0. The van der Waals surface area contributed by atoms with E-state index in [4.69, 9.17) is 0 Å². The van der Waals surface area contributed by atoms with Crippen molar-refractivity contribution in [2.45, 2.75) is 0 Å². The molecule has 0 saturated carbocycles. The predicted octanol–water partition coefficient (Wildman–Crippen LogP) is -2.41. The van der Waals surface area contributed by atoms with Crippen LogP contribution in [0.3, 0.4) is 0 Å². The van der Waals surface area contributed by atoms with E-state index in [1.54, 1.807) is 0 Å². The van der Waals surface area contributed by atoms with E-state index in [1.165, 1.54) is 0 Å². The molecule has 0 rings (SSSR count). The average molecular weight is 177 g/mol. The molecule has 0 aromatic rings. The maximum atomic E-state index is 0. The summed E-state index contributed by atoms with van der Waals surface area (Å²) in [6, 6.07) is 0. The second-order valence-electron chi connectivity index (χ2n) is 0. The van der Waals surface area contributed by atoms with Crippen LogP contribution in [0.15, 0.2) is 0 Å². The number of hydrogen-bond donors (Lipinski definition) is 0. The molecule has 0 saturated heterocycles. The molecule has 0 aliphatic carbocycles. The Hall–Kier alpha value is 0.649. The summed E-state index contributed by atoms with van der Waals surface area (Å²) in [4.78, 5) is 0. The van der Waals surface area contributed by atoms with Gasteiger partial charge in [0.25, 0.3) is 0 Å². The van der Waals surface area contributed by atoms with Crippen molar-refractivity contribution in [2.75, 3.05) is 0 Å². The van der Waals surface area contributed by atoms with Crippen molar-refractivity contribution in [3.05, 3.63) is 0 Å². The van der Waals surface area contributed by atoms with Crippen molar-refractivity contribution < 1.29 is 15.7 Å². The molecule has 0 atom stereocenters. The van der Waals surface area contributed by atoms with Crippen LogP contribution in [0.1, 0.15) is 0 Å². The van der Waals surface area contributed by atoms with Crippen molar-refractivity contribution >= 4 is 23.9 Å². The number of halogens is 1. The molecule has 0 unspecified atom stereocenters. The molecule has 4 N–H and O–H groups in total. The fraction of sp³-hybridized carbons (Fsp3) is 0. The fourth-order valence-electron chi connectivity index (χ4n) is 0. The minimum absolute atomic E-state index is 0. The Kier molecular flexibility index (Phi) is 2240. The van der Waals surface area contributed by atoms with E-state index in [2.05, 4.69) is 0 Å². The zero-order valence-electron chi connectivity index (χ0n) is 2.12. The summed E-state index contributed by atoms with van der Waals surface area (Å²) in [5, 5.41) is 0. The molecule has 0 aliphatic rings. The molecule has 2 nitrogen and oxygen atoms in total. The van der Waals surface area contributed by atoms with Gasteiger partial charge in [-0.25, -0.2) is 0 Å². The van der Waals surface area contributed by atoms with Crippen LogP contribution in [0.5, 0.6) is 0 Å². The van der Waals surface area contributed by atoms with E-state index in [1.807, 2.05) is 0 Å². The van der Waals surface area contributed by atoms with Crippen molar-refractivity contribution in [1.82, 2.24) is 0 Å². The molecule has 0 spiro atoms. The molecule has 30 valence electrons. The van der Waals surface area contributed by atoms with Gasteiger partial charge in [-0.3, -0.25) is 4.70 Å². The number of hydrogen-bond acceptors (Lipinski definition) is 0. The van der Waals surface area contributed by atoms with Crippen LogP contribution in [0.4, 0.5) is 4.70 Å². The van der Waals surface area contributed by atoms with Gasteiger partial charge in [-0.2, -0.15) is 0 Å². The molecule has 0 bridgehead atoms. The van der Waals surface area contributed by atoms with Gasteiger partial charge in [0.1, 0.15) is 0 Å². The van der Waals surface area contributed by atoms with Crippen LogP contribution in [-0.4, -0.2) is 34.9 Å². The van der Waals surface area contributed by atoms with Gasteiger partial charge in [0.15, 0.2) is 0 Å². The van der Waals surface area contributed by atoms with E-state index in [-0.39, 0.29) is 39.6 Å². The first-order valence-electron chi connectivity index (χ1n) is 0. The molecule has 0 amide bonds. The third-order valence-corrected chi connectivity index (χ3v) is 0. The summed E-state index contributed by atoms with van der Waals surface area (Å²) in [6.45, 7) is 0. The normalized spacial score (nSPS) is 0. The van der Waals surface area contributed by atoms with E-state index < -0.39 is 0 Å². The van der Waals surface area contributed by atoms with Crippen molar-refractivity contribution in [3.63, 3.8) is 0 Å². The molecular weight excluding hydrogens is 170 g/mol. The molecule has 0 aromatic heterocycles. The monoisotopic (exact) mass is 178 g/mol. The van der Waals surface area contributed by atoms with Gasteiger partial charge in [-0.15, -0.1) is 0 Å². The summed E-state index contributed by atoms with van der Waals surface area (Å²) >= 11 is 0. The average Bonchev–Trinajstić information content (AvgIpc) is 0. The van der Waals surface area contributed by atoms with Crippen LogP contribution in [0.25, 0.3) is 0 Å². The molecule has 0 aliphatic heterocycles. The van der Waals surface area contributed by atoms with Crippen LogP contribution < -0.4 is 0 Å². The van der Waals surface area contributed by atoms with Crippen LogP contribution in [-0.2, 0) is 0 Å². The Morgan fingerprint density at radius 2 is 0.750 bits per heavy atom. The summed E-state index contributed by atoms with van der Waals surface area (Å²) < 4.78 is 0. The van der Waals surface area contributed by atoms with E-state index >= 15 is 0 Å². The summed E-state index contributed by atoms with van der Waals surface area (Å²) in [7, 11) is 0. The third kappa shape index (κ3) is 17.1. The van der Waals surface area contributed by atoms with Gasteiger partial charge in [0, 0.05) is 0 Å². The first kappa shape index (κ1) is 147. The van der Waals surface area contributed by atoms with Crippen molar-refractivity contribution in [1.29, 1.82) is 0 Å². The molecular formula is H7FO2Sn. The quantitative estimate of drug-likeness (QED) is 0.369. The zero-order valence-corrected chi connectivity index (χ0v) is 6.15. The van der Waals surface area contributed by atoms with E-state index in [0.29, 0.717) is 0 Å². The predicted molar refractivity (Wildman–Crippen MR) is 18.3 cm³/mol. The Labute approximate surface area is 40.1 Å². The molecule has 4 heavy (non-hydrogen) atoms. The number of rotatable bonds is 0. The Morgan fingerprint density at radius 3 is 0.750 bits per heavy atom. The van der Waals surface area contributed by atoms with Gasteiger partial charge in [0.2, 0.25) is 0 Å². The summed E-state index contributed by atoms with van der Waals surface area (Å²) in [5.41, 5.74) is 0. The topological polar surface area (TPSA) is 63.0 Å². The van der Waals surface area contributed by atoms with Crippen molar-refractivity contribution in [2.24, 2.45) is 0 Å². The second-order valence-corrected chi connectivity index (χ2v) is 0. The molecule has 0 aromatic carbocycles. The van der Waals surface area contributed by atoms with Gasteiger partial charge in [-0.05, 0) is 0 Å². The van der Waals surface area contributed by atoms with Crippen LogP contribution in [0, 0.1) is 0 Å². The molecule has 2 radical (unpaired) electrons. The van der Waals surface area contributed by atoms with Gasteiger partial charge < -0.3 is 11.0 Å².